The van der Waals surface area contributed by atoms with Gasteiger partial charge in [-0.05, 0) is 150 Å². The van der Waals surface area contributed by atoms with E-state index in [1.54, 1.807) is 48.3 Å². The molecule has 15 nitrogen and oxygen atoms in total. The lowest BCUT2D eigenvalue weighted by molar-refractivity contribution is -0.146. The number of aliphatic carboxylic acids is 1. The van der Waals surface area contributed by atoms with E-state index in [-0.39, 0.29) is 66.9 Å². The summed E-state index contributed by atoms with van der Waals surface area (Å²) in [5.41, 5.74) is -5.10. The third-order valence-corrected chi connectivity index (χ3v) is 16.5. The van der Waals surface area contributed by atoms with Gasteiger partial charge in [0, 0.05) is 47.4 Å². The maximum absolute atomic E-state index is 15.1. The number of benzene rings is 1. The van der Waals surface area contributed by atoms with Gasteiger partial charge in [0.25, 0.3) is 0 Å². The fraction of sp³-hybridized carbons (Fsp3) is 0.796. The Balaban J connectivity index is 2.23. The van der Waals surface area contributed by atoms with E-state index in [1.165, 1.54) is 7.11 Å². The summed E-state index contributed by atoms with van der Waals surface area (Å²) in [5, 5.41) is 20.6. The summed E-state index contributed by atoms with van der Waals surface area (Å²) in [7, 11) is 3.19. The normalized spacial score (nSPS) is 17.4. The third-order valence-electron chi connectivity index (χ3n) is 16.0. The van der Waals surface area contributed by atoms with E-state index in [2.05, 4.69) is 36.7 Å². The van der Waals surface area contributed by atoms with Gasteiger partial charge in [-0.15, -0.1) is 0 Å². The Hall–Kier alpha value is -2.90. The molecule has 0 bridgehead atoms. The highest BCUT2D eigenvalue weighted by molar-refractivity contribution is 14.1. The van der Waals surface area contributed by atoms with Crippen LogP contribution in [0.5, 0.6) is 11.5 Å². The SMILES string of the molecule is COc1cc(C(=O)OC2CCC(COC(=O)CC[C@H](NC(C)(C)C(C)(C)C)C(=O)C(C)(C)C(C)(C)NC(CCC(=O)O)C(=O)C(C)(C)C(C)(C)NCCC(C)(C)OCCC(C)(C)OC)C2)ccc1OI. The predicted octanol–water partition coefficient (Wildman–Crippen LogP) is 10.0. The topological polar surface area (TPSA) is 197 Å². The molecule has 0 spiro atoms. The lowest BCUT2D eigenvalue weighted by atomic mass is 9.66. The number of halogens is 1. The van der Waals surface area contributed by atoms with Crippen molar-refractivity contribution in [3.63, 3.8) is 0 Å². The molecule has 3 unspecified atom stereocenters. The lowest BCUT2D eigenvalue weighted by Crippen LogP contribution is -2.66. The number of Topliss-reactive ketones (excluding diaryl/α,β-unsaturated/α-hetero) is 2. The summed E-state index contributed by atoms with van der Waals surface area (Å²) >= 11 is 1.75. The minimum Gasteiger partial charge on any atom is -0.493 e. The molecule has 1 aliphatic carbocycles. The van der Waals surface area contributed by atoms with Crippen LogP contribution in [0.15, 0.2) is 18.2 Å². The quantitative estimate of drug-likeness (QED) is 0.0405. The van der Waals surface area contributed by atoms with Crippen molar-refractivity contribution >= 4 is 52.5 Å². The van der Waals surface area contributed by atoms with Crippen molar-refractivity contribution in [3.05, 3.63) is 23.8 Å². The summed E-state index contributed by atoms with van der Waals surface area (Å²) in [6, 6.07) is 3.16. The number of methoxy groups -OCH3 is 2. The molecule has 1 saturated carbocycles. The van der Waals surface area contributed by atoms with Crippen LogP contribution in [0.1, 0.15) is 186 Å². The molecule has 16 heteroatoms. The second kappa shape index (κ2) is 25.4. The van der Waals surface area contributed by atoms with Crippen LogP contribution in [-0.2, 0) is 38.1 Å². The predicted molar refractivity (Wildman–Crippen MR) is 283 cm³/mol. The number of nitrogens with one attached hydrogen (secondary N) is 3. The van der Waals surface area contributed by atoms with Crippen molar-refractivity contribution in [2.75, 3.05) is 34.0 Å². The maximum atomic E-state index is 15.1. The number of carbonyl (C=O) groups excluding carboxylic acids is 4. The molecule has 0 amide bonds. The van der Waals surface area contributed by atoms with Gasteiger partial charge in [0.15, 0.2) is 46.1 Å². The average Bonchev–Trinajstić information content (AvgIpc) is 3.70. The Morgan fingerprint density at radius 3 is 1.80 bits per heavy atom. The number of rotatable bonds is 31. The molecular weight excluding hydrogens is 1010 g/mol. The first kappa shape index (κ1) is 63.2. The molecule has 0 radical (unpaired) electrons. The van der Waals surface area contributed by atoms with Crippen LogP contribution in [0.2, 0.25) is 0 Å². The Morgan fingerprint density at radius 2 is 1.27 bits per heavy atom. The van der Waals surface area contributed by atoms with E-state index in [9.17, 15) is 24.3 Å². The standard InChI is InChI=1S/C54H92IN3O12/c1-47(2,3)52(12,13)57-39(24-27-43(61)67-34-35-20-22-37(32-35)69-46(64)36-21-25-40(70-55)41(33-36)65-18)45(63)51(10,11)54(16,17)58-38(23-26-42(59)60)44(62)50(8,9)53(14,15)56-30-28-49(6,7)68-31-29-48(4,5)66-19/h21,25,33,35,37-39,56-58H,20,22-24,26-32,34H2,1-19H3,(H,59,60)/t35?,37?,38?,39-/m0/s1. The molecule has 4 atom stereocenters. The van der Waals surface area contributed by atoms with E-state index in [0.717, 1.165) is 12.8 Å². The molecule has 0 aliphatic heterocycles. The lowest BCUT2D eigenvalue weighted by Gasteiger charge is -2.49. The Labute approximate surface area is 435 Å². The first-order valence-corrected chi connectivity index (χ1v) is 25.9. The fourth-order valence-electron chi connectivity index (χ4n) is 8.12. The van der Waals surface area contributed by atoms with E-state index in [4.69, 9.17) is 26.8 Å². The molecule has 2 rings (SSSR count). The third kappa shape index (κ3) is 17.9. The number of carboxylic acids is 1. The largest absolute Gasteiger partial charge is 0.493 e. The van der Waals surface area contributed by atoms with Crippen molar-refractivity contribution in [2.45, 2.75) is 221 Å². The van der Waals surface area contributed by atoms with Crippen molar-refractivity contribution < 1.29 is 55.8 Å². The minimum atomic E-state index is -1.14. The molecule has 0 aromatic heterocycles. The average molecular weight is 1100 g/mol. The second-order valence-electron chi connectivity index (χ2n) is 24.3. The van der Waals surface area contributed by atoms with Gasteiger partial charge in [0.2, 0.25) is 0 Å². The summed E-state index contributed by atoms with van der Waals surface area (Å²) in [5.74, 6) is -1.35. The summed E-state index contributed by atoms with van der Waals surface area (Å²) in [4.78, 5) is 68.3. The number of ether oxygens (including phenoxy) is 5. The summed E-state index contributed by atoms with van der Waals surface area (Å²) < 4.78 is 33.9. The van der Waals surface area contributed by atoms with Crippen molar-refractivity contribution in [2.24, 2.45) is 22.2 Å². The van der Waals surface area contributed by atoms with Crippen molar-refractivity contribution in [1.82, 2.24) is 16.0 Å². The van der Waals surface area contributed by atoms with Gasteiger partial charge < -0.3 is 47.8 Å². The highest BCUT2D eigenvalue weighted by Crippen LogP contribution is 2.40. The zero-order valence-corrected chi connectivity index (χ0v) is 48.5. The van der Waals surface area contributed by atoms with E-state index >= 15 is 4.79 Å². The van der Waals surface area contributed by atoms with Gasteiger partial charge in [-0.1, -0.05) is 48.5 Å². The zero-order chi connectivity index (χ0) is 53.9. The molecule has 4 N–H and O–H groups in total. The molecule has 1 aromatic rings. The summed E-state index contributed by atoms with van der Waals surface area (Å²) in [6.07, 6.45) is 2.91. The zero-order valence-electron chi connectivity index (χ0n) is 46.3. The molecule has 1 aliphatic rings. The van der Waals surface area contributed by atoms with Crippen LogP contribution in [0.25, 0.3) is 0 Å². The highest BCUT2D eigenvalue weighted by atomic mass is 127. The van der Waals surface area contributed by atoms with Gasteiger partial charge in [0.1, 0.15) is 6.10 Å². The number of ketones is 2. The fourth-order valence-corrected chi connectivity index (χ4v) is 8.48. The van der Waals surface area contributed by atoms with Gasteiger partial charge in [-0.3, -0.25) is 19.2 Å². The van der Waals surface area contributed by atoms with Crippen LogP contribution in [0, 0.1) is 22.2 Å². The Kier molecular flexibility index (Phi) is 22.9. The highest BCUT2D eigenvalue weighted by Gasteiger charge is 2.51. The minimum absolute atomic E-state index is 0.00602. The van der Waals surface area contributed by atoms with Gasteiger partial charge in [0.05, 0.1) is 49.2 Å². The van der Waals surface area contributed by atoms with Gasteiger partial charge in [-0.25, -0.2) is 4.79 Å². The number of carboxylic acid groups (broad SMARTS) is 1. The number of hydrogen-bond acceptors (Lipinski definition) is 14. The summed E-state index contributed by atoms with van der Waals surface area (Å²) in [6.45, 7) is 34.9. The Morgan fingerprint density at radius 1 is 0.714 bits per heavy atom. The molecule has 0 saturated heterocycles. The number of hydrogen-bond donors (Lipinski definition) is 4. The molecule has 1 aromatic carbocycles. The van der Waals surface area contributed by atoms with E-state index < -0.39 is 63.0 Å². The first-order valence-electron chi connectivity index (χ1n) is 25.0. The maximum Gasteiger partial charge on any atom is 0.338 e. The van der Waals surface area contributed by atoms with Crippen molar-refractivity contribution in [3.8, 4) is 11.5 Å². The number of esters is 2. The van der Waals surface area contributed by atoms with Gasteiger partial charge >= 0.3 is 17.9 Å². The monoisotopic (exact) mass is 1100 g/mol. The van der Waals surface area contributed by atoms with Crippen LogP contribution >= 0.6 is 23.0 Å². The van der Waals surface area contributed by atoms with Crippen LogP contribution in [-0.4, -0.2) is 115 Å². The first-order chi connectivity index (χ1) is 31.9. The molecule has 402 valence electrons. The molecule has 0 heterocycles. The smallest absolute Gasteiger partial charge is 0.338 e. The molecule has 70 heavy (non-hydrogen) atoms. The molecular formula is C54H92IN3O12. The second-order valence-corrected chi connectivity index (χ2v) is 24.7. The van der Waals surface area contributed by atoms with Crippen LogP contribution in [0.4, 0.5) is 0 Å². The van der Waals surface area contributed by atoms with E-state index in [1.807, 2.05) is 96.9 Å². The van der Waals surface area contributed by atoms with Crippen LogP contribution in [0.3, 0.4) is 0 Å². The van der Waals surface area contributed by atoms with E-state index in [0.29, 0.717) is 49.5 Å². The Bertz CT molecular complexity index is 1920. The van der Waals surface area contributed by atoms with Crippen molar-refractivity contribution in [1.29, 1.82) is 0 Å². The number of carbonyl (C=O) groups is 5. The van der Waals surface area contributed by atoms with Gasteiger partial charge in [-0.2, -0.15) is 0 Å². The molecule has 1 fully saturated rings. The van der Waals surface area contributed by atoms with Crippen LogP contribution < -0.4 is 23.8 Å².